The molecule has 3 aliphatic rings. The summed E-state index contributed by atoms with van der Waals surface area (Å²) in [5, 5.41) is 7.19. The first kappa shape index (κ1) is 29.2. The number of halogens is 1. The third kappa shape index (κ3) is 6.35. The number of nitrogens with one attached hydrogen (secondary N) is 2. The van der Waals surface area contributed by atoms with Crippen molar-refractivity contribution in [2.24, 2.45) is 11.3 Å². The lowest BCUT2D eigenvalue weighted by Crippen LogP contribution is -2.38. The molecule has 1 heterocycles. The second-order valence-electron chi connectivity index (χ2n) is 12.6. The number of carbonyl (C=O) groups is 2. The number of ketones is 1. The van der Waals surface area contributed by atoms with Crippen LogP contribution < -0.4 is 24.8 Å². The molecule has 0 bridgehead atoms. The van der Waals surface area contributed by atoms with Crippen molar-refractivity contribution in [3.05, 3.63) is 84.3 Å². The zero-order valence-electron chi connectivity index (χ0n) is 25.2. The van der Waals surface area contributed by atoms with Gasteiger partial charge in [-0.25, -0.2) is 4.39 Å². The number of Topliss-reactive ketones (excluding diaryl/α,β-unsaturated/α-hetero) is 1. The fraction of sp³-hybridized carbons (Fsp3) is 0.361. The van der Waals surface area contributed by atoms with Crippen molar-refractivity contribution in [3.63, 3.8) is 0 Å². The maximum atomic E-state index is 15.3. The molecule has 7 rings (SSSR count). The number of hydrogen-bond acceptors (Lipinski definition) is 7. The van der Waals surface area contributed by atoms with Crippen LogP contribution in [0.15, 0.2) is 72.9 Å². The van der Waals surface area contributed by atoms with Crippen LogP contribution in [0.2, 0.25) is 0 Å². The van der Waals surface area contributed by atoms with Crippen LogP contribution >= 0.6 is 0 Å². The van der Waals surface area contributed by atoms with E-state index < -0.39 is 11.2 Å². The number of rotatable bonds is 14. The van der Waals surface area contributed by atoms with Gasteiger partial charge < -0.3 is 24.8 Å². The number of hydrogen-bond donors (Lipinski definition) is 2. The van der Waals surface area contributed by atoms with E-state index in [2.05, 4.69) is 15.6 Å². The van der Waals surface area contributed by atoms with Gasteiger partial charge in [-0.2, -0.15) is 0 Å². The monoisotopic (exact) mass is 609 g/mol. The van der Waals surface area contributed by atoms with E-state index in [4.69, 9.17) is 14.2 Å². The Bertz CT molecular complexity index is 1750. The third-order valence-corrected chi connectivity index (χ3v) is 9.16. The molecule has 232 valence electrons. The van der Waals surface area contributed by atoms with E-state index in [1.807, 2.05) is 30.3 Å². The van der Waals surface area contributed by atoms with Gasteiger partial charge in [0.25, 0.3) is 0 Å². The third-order valence-electron chi connectivity index (χ3n) is 9.16. The number of carbonyl (C=O) groups excluding carboxylic acids is 2. The highest BCUT2D eigenvalue weighted by atomic mass is 19.1. The van der Waals surface area contributed by atoms with E-state index in [1.165, 1.54) is 25.0 Å². The number of amides is 1. The van der Waals surface area contributed by atoms with Crippen molar-refractivity contribution in [3.8, 4) is 23.0 Å². The molecule has 8 nitrogen and oxygen atoms in total. The fourth-order valence-electron chi connectivity index (χ4n) is 5.65. The molecular weight excluding hydrogens is 573 g/mol. The van der Waals surface area contributed by atoms with Gasteiger partial charge in [-0.15, -0.1) is 0 Å². The maximum Gasteiger partial charge on any atom is 0.238 e. The molecule has 9 heteroatoms. The highest BCUT2D eigenvalue weighted by Crippen LogP contribution is 2.48. The second kappa shape index (κ2) is 11.8. The van der Waals surface area contributed by atoms with Crippen LogP contribution in [0.4, 0.5) is 10.1 Å². The Morgan fingerprint density at radius 3 is 2.44 bits per heavy atom. The Balaban J connectivity index is 1.03. The van der Waals surface area contributed by atoms with Crippen molar-refractivity contribution in [2.75, 3.05) is 25.6 Å². The summed E-state index contributed by atoms with van der Waals surface area (Å²) in [5.41, 5.74) is 0.429. The predicted octanol–water partition coefficient (Wildman–Crippen LogP) is 6.62. The van der Waals surface area contributed by atoms with Gasteiger partial charge in [0.15, 0.2) is 17.3 Å². The highest BCUT2D eigenvalue weighted by molar-refractivity contribution is 6.14. The number of pyridine rings is 1. The molecule has 1 amide bonds. The number of benzene rings is 3. The molecular formula is C36H36FN3O5. The van der Waals surface area contributed by atoms with Gasteiger partial charge in [0, 0.05) is 35.8 Å². The lowest BCUT2D eigenvalue weighted by molar-refractivity contribution is -0.132. The fourth-order valence-corrected chi connectivity index (χ4v) is 5.65. The molecule has 0 radical (unpaired) electrons. The topological polar surface area (TPSA) is 98.8 Å². The van der Waals surface area contributed by atoms with Crippen molar-refractivity contribution >= 4 is 28.3 Å². The van der Waals surface area contributed by atoms with Crippen LogP contribution in [0.5, 0.6) is 23.0 Å². The van der Waals surface area contributed by atoms with E-state index in [-0.39, 0.29) is 35.0 Å². The predicted molar refractivity (Wildman–Crippen MR) is 168 cm³/mol. The van der Waals surface area contributed by atoms with Crippen LogP contribution in [0.1, 0.15) is 44.1 Å². The van der Waals surface area contributed by atoms with Gasteiger partial charge in [0.2, 0.25) is 5.91 Å². The second-order valence-corrected chi connectivity index (χ2v) is 12.6. The molecule has 3 aliphatic carbocycles. The highest BCUT2D eigenvalue weighted by Gasteiger charge is 2.55. The molecule has 3 fully saturated rings. The maximum absolute atomic E-state index is 15.3. The summed E-state index contributed by atoms with van der Waals surface area (Å²) in [7, 11) is 1.59. The molecule has 0 unspecified atom stereocenters. The van der Waals surface area contributed by atoms with Crippen molar-refractivity contribution in [1.29, 1.82) is 0 Å². The molecule has 45 heavy (non-hydrogen) atoms. The normalized spacial score (nSPS) is 17.4. The number of fused-ring (bicyclic) bond motifs is 1. The van der Waals surface area contributed by atoms with E-state index in [0.29, 0.717) is 53.3 Å². The summed E-state index contributed by atoms with van der Waals surface area (Å²) in [5.74, 6) is 1.52. The largest absolute Gasteiger partial charge is 0.493 e. The quantitative estimate of drug-likeness (QED) is 0.155. The van der Waals surface area contributed by atoms with Gasteiger partial charge in [-0.1, -0.05) is 24.3 Å². The summed E-state index contributed by atoms with van der Waals surface area (Å²) in [6, 6.07) is 18.8. The van der Waals surface area contributed by atoms with Crippen LogP contribution in [-0.2, 0) is 16.0 Å². The van der Waals surface area contributed by atoms with E-state index in [1.54, 1.807) is 37.6 Å². The summed E-state index contributed by atoms with van der Waals surface area (Å²) in [6.45, 7) is 1.61. The van der Waals surface area contributed by atoms with Crippen molar-refractivity contribution in [2.45, 2.75) is 50.5 Å². The molecule has 4 aromatic rings. The molecule has 0 atom stereocenters. The number of anilines is 1. The minimum absolute atomic E-state index is 0.0373. The molecule has 3 saturated carbocycles. The van der Waals surface area contributed by atoms with Crippen LogP contribution in [0.3, 0.4) is 0 Å². The SMILES string of the molecule is COc1cc2c(Oc3ccc(CC(=O)C4(C(=O)Nc5ccccc5)CC4)c(F)c3)ccnc2cc1OCC1(NCC2CC2)CC1. The minimum Gasteiger partial charge on any atom is -0.493 e. The van der Waals surface area contributed by atoms with Crippen LogP contribution in [0, 0.1) is 17.2 Å². The average Bonchev–Trinajstić information content (AvgIpc) is 3.91. The molecule has 0 saturated heterocycles. The zero-order chi connectivity index (χ0) is 31.0. The van der Waals surface area contributed by atoms with Crippen LogP contribution in [-0.4, -0.2) is 42.5 Å². The number of methoxy groups -OCH3 is 1. The summed E-state index contributed by atoms with van der Waals surface area (Å²) in [6.07, 6.45) is 7.18. The first-order valence-electron chi connectivity index (χ1n) is 15.6. The molecule has 3 aromatic carbocycles. The molecule has 0 aliphatic heterocycles. The van der Waals surface area contributed by atoms with Gasteiger partial charge in [-0.05, 0) is 86.9 Å². The first-order chi connectivity index (χ1) is 21.9. The Morgan fingerprint density at radius 1 is 0.956 bits per heavy atom. The molecule has 1 aromatic heterocycles. The van der Waals surface area contributed by atoms with Crippen LogP contribution in [0.25, 0.3) is 10.9 Å². The average molecular weight is 610 g/mol. The van der Waals surface area contributed by atoms with Crippen molar-refractivity contribution in [1.82, 2.24) is 10.3 Å². The van der Waals surface area contributed by atoms with Gasteiger partial charge in [0.1, 0.15) is 29.3 Å². The van der Waals surface area contributed by atoms with Gasteiger partial charge >= 0.3 is 0 Å². The van der Waals surface area contributed by atoms with Gasteiger partial charge in [0.05, 0.1) is 18.2 Å². The Kier molecular flexibility index (Phi) is 7.65. The number of aromatic nitrogens is 1. The Morgan fingerprint density at radius 2 is 1.76 bits per heavy atom. The summed E-state index contributed by atoms with van der Waals surface area (Å²) >= 11 is 0. The summed E-state index contributed by atoms with van der Waals surface area (Å²) < 4.78 is 33.3. The van der Waals surface area contributed by atoms with E-state index in [0.717, 1.165) is 25.3 Å². The number of para-hydroxylation sites is 1. The number of nitrogens with zero attached hydrogens (tertiary/aromatic N) is 1. The lowest BCUT2D eigenvalue weighted by atomic mass is 9.93. The van der Waals surface area contributed by atoms with E-state index in [9.17, 15) is 9.59 Å². The lowest BCUT2D eigenvalue weighted by Gasteiger charge is -2.20. The summed E-state index contributed by atoms with van der Waals surface area (Å²) in [4.78, 5) is 30.6. The molecule has 2 N–H and O–H groups in total. The number of ether oxygens (including phenoxy) is 3. The first-order valence-corrected chi connectivity index (χ1v) is 15.6. The minimum atomic E-state index is -1.11. The Hall–Kier alpha value is -4.50. The zero-order valence-corrected chi connectivity index (χ0v) is 25.2. The smallest absolute Gasteiger partial charge is 0.238 e. The Labute approximate surface area is 261 Å². The van der Waals surface area contributed by atoms with Gasteiger partial charge in [-0.3, -0.25) is 14.6 Å². The van der Waals surface area contributed by atoms with Crippen molar-refractivity contribution < 1.29 is 28.2 Å². The molecule has 0 spiro atoms. The van der Waals surface area contributed by atoms with E-state index >= 15 is 4.39 Å². The standard InChI is InChI=1S/C36H36FN3O5/c1-43-31-19-27-29(20-32(31)44-22-35(12-13-35)39-21-23-7-8-23)38-16-11-30(27)45-26-10-9-24(28(37)18-26)17-33(41)36(14-15-36)34(42)40-25-5-3-2-4-6-25/h2-6,9-11,16,18-20,23,39H,7-8,12-15,17,21-22H2,1H3,(H,40,42).